The molecule has 8 nitrogen and oxygen atoms in total. The largest absolute Gasteiger partial charge is 0.390 e. The molecule has 1 aliphatic heterocycles. The van der Waals surface area contributed by atoms with Gasteiger partial charge in [-0.05, 0) is 36.8 Å². The second-order valence-electron chi connectivity index (χ2n) is 7.44. The Morgan fingerprint density at radius 1 is 1.27 bits per heavy atom. The third-order valence-corrected chi connectivity index (χ3v) is 5.84. The van der Waals surface area contributed by atoms with Crippen LogP contribution in [0.15, 0.2) is 42.7 Å². The number of thiazole rings is 1. The zero-order valence-electron chi connectivity index (χ0n) is 16.9. The molecule has 1 amide bonds. The number of likely N-dealkylation sites (tertiary alicyclic amines) is 1. The first kappa shape index (κ1) is 20.4. The quantitative estimate of drug-likeness (QED) is 0.558. The van der Waals surface area contributed by atoms with Crippen molar-refractivity contribution >= 4 is 28.9 Å². The zero-order valence-corrected chi connectivity index (χ0v) is 17.7. The van der Waals surface area contributed by atoms with Crippen molar-refractivity contribution in [3.8, 4) is 10.6 Å². The number of aryl methyl sites for hydroxylation is 1. The van der Waals surface area contributed by atoms with Crippen molar-refractivity contribution in [2.75, 3.05) is 18.4 Å². The molecule has 1 fully saturated rings. The first-order valence-corrected chi connectivity index (χ1v) is 10.6. The highest BCUT2D eigenvalue weighted by atomic mass is 32.1. The molecule has 0 spiro atoms. The van der Waals surface area contributed by atoms with E-state index in [1.54, 1.807) is 17.5 Å². The van der Waals surface area contributed by atoms with Crippen LogP contribution < -0.4 is 10.6 Å². The van der Waals surface area contributed by atoms with Crippen LogP contribution in [-0.2, 0) is 11.3 Å². The summed E-state index contributed by atoms with van der Waals surface area (Å²) in [6.07, 6.45) is 3.03. The van der Waals surface area contributed by atoms with E-state index in [2.05, 4.69) is 30.5 Å². The number of nitrogens with one attached hydrogen (secondary N) is 2. The van der Waals surface area contributed by atoms with Gasteiger partial charge in [0.2, 0.25) is 5.91 Å². The highest BCUT2D eigenvalue weighted by Crippen LogP contribution is 2.27. The standard InChI is InChI=1S/C21H24N6O2S/c1-13-6-7-22-20(8-13)26-19-5-3-4-15(25-19)18-9-23-21(30-18)12-27-10-16(17(29)11-27)24-14(2)28/h3-9,16-17,29H,10-12H2,1-2H3,(H,24,28)(H,22,25,26)/t16-,17-/m0/s1. The molecular weight excluding hydrogens is 400 g/mol. The fourth-order valence-electron chi connectivity index (χ4n) is 3.47. The van der Waals surface area contributed by atoms with E-state index >= 15 is 0 Å². The number of aliphatic hydroxyl groups is 1. The van der Waals surface area contributed by atoms with Gasteiger partial charge in [0.1, 0.15) is 16.6 Å². The molecule has 1 aliphatic rings. The fourth-order valence-corrected chi connectivity index (χ4v) is 4.40. The number of rotatable bonds is 6. The first-order valence-electron chi connectivity index (χ1n) is 9.75. The predicted octanol–water partition coefficient (Wildman–Crippen LogP) is 2.33. The number of aliphatic hydroxyl groups excluding tert-OH is 1. The van der Waals surface area contributed by atoms with Crippen LogP contribution in [0.25, 0.3) is 10.6 Å². The number of carbonyl (C=O) groups excluding carboxylic acids is 1. The van der Waals surface area contributed by atoms with Gasteiger partial charge in [-0.25, -0.2) is 15.0 Å². The Hall–Kier alpha value is -2.88. The maximum atomic E-state index is 11.3. The van der Waals surface area contributed by atoms with Crippen LogP contribution in [0.1, 0.15) is 17.5 Å². The molecular formula is C21H24N6O2S. The molecule has 0 unspecified atom stereocenters. The van der Waals surface area contributed by atoms with Gasteiger partial charge >= 0.3 is 0 Å². The maximum absolute atomic E-state index is 11.3. The van der Waals surface area contributed by atoms with Crippen LogP contribution in [0.4, 0.5) is 11.6 Å². The Balaban J connectivity index is 1.42. The van der Waals surface area contributed by atoms with Crippen LogP contribution in [0.2, 0.25) is 0 Å². The summed E-state index contributed by atoms with van der Waals surface area (Å²) in [5.41, 5.74) is 1.97. The molecule has 0 bridgehead atoms. The van der Waals surface area contributed by atoms with Gasteiger partial charge in [-0.1, -0.05) is 6.07 Å². The topological polar surface area (TPSA) is 103 Å². The van der Waals surface area contributed by atoms with Crippen LogP contribution in [-0.4, -0.2) is 56.1 Å². The maximum Gasteiger partial charge on any atom is 0.217 e. The molecule has 4 rings (SSSR count). The molecule has 30 heavy (non-hydrogen) atoms. The third-order valence-electron chi connectivity index (χ3n) is 4.84. The molecule has 3 aromatic heterocycles. The van der Waals surface area contributed by atoms with Crippen molar-refractivity contribution < 1.29 is 9.90 Å². The lowest BCUT2D eigenvalue weighted by Crippen LogP contribution is -2.41. The number of aromatic nitrogens is 3. The third kappa shape index (κ3) is 4.99. The molecule has 156 valence electrons. The summed E-state index contributed by atoms with van der Waals surface area (Å²) in [7, 11) is 0. The molecule has 2 atom stereocenters. The Labute approximate surface area is 179 Å². The molecule has 3 aromatic rings. The summed E-state index contributed by atoms with van der Waals surface area (Å²) < 4.78 is 0. The van der Waals surface area contributed by atoms with E-state index in [9.17, 15) is 9.90 Å². The monoisotopic (exact) mass is 424 g/mol. The Kier molecular flexibility index (Phi) is 6.03. The summed E-state index contributed by atoms with van der Waals surface area (Å²) >= 11 is 1.58. The van der Waals surface area contributed by atoms with E-state index in [1.807, 2.05) is 43.5 Å². The summed E-state index contributed by atoms with van der Waals surface area (Å²) in [4.78, 5) is 27.9. The lowest BCUT2D eigenvalue weighted by molar-refractivity contribution is -0.120. The number of carbonyl (C=O) groups is 1. The molecule has 0 aromatic carbocycles. The lowest BCUT2D eigenvalue weighted by Gasteiger charge is -2.14. The van der Waals surface area contributed by atoms with Gasteiger partial charge in [0.25, 0.3) is 0 Å². The van der Waals surface area contributed by atoms with Gasteiger partial charge in [-0.3, -0.25) is 9.69 Å². The molecule has 4 heterocycles. The first-order chi connectivity index (χ1) is 14.5. The van der Waals surface area contributed by atoms with Gasteiger partial charge < -0.3 is 15.7 Å². The highest BCUT2D eigenvalue weighted by Gasteiger charge is 2.32. The van der Waals surface area contributed by atoms with E-state index in [-0.39, 0.29) is 11.9 Å². The normalized spacial score (nSPS) is 19.0. The second kappa shape index (κ2) is 8.86. The van der Waals surface area contributed by atoms with E-state index in [4.69, 9.17) is 0 Å². The van der Waals surface area contributed by atoms with Gasteiger partial charge in [0.05, 0.1) is 29.3 Å². The summed E-state index contributed by atoms with van der Waals surface area (Å²) in [5.74, 6) is 1.35. The Morgan fingerprint density at radius 2 is 2.13 bits per heavy atom. The summed E-state index contributed by atoms with van der Waals surface area (Å²) in [5, 5.41) is 17.1. The average molecular weight is 425 g/mol. The number of amides is 1. The number of hydrogen-bond donors (Lipinski definition) is 3. The van der Waals surface area contributed by atoms with Crippen LogP contribution in [0.5, 0.6) is 0 Å². The molecule has 9 heteroatoms. The van der Waals surface area contributed by atoms with Crippen molar-refractivity contribution in [3.63, 3.8) is 0 Å². The highest BCUT2D eigenvalue weighted by molar-refractivity contribution is 7.15. The molecule has 0 saturated carbocycles. The van der Waals surface area contributed by atoms with Gasteiger partial charge in [0.15, 0.2) is 0 Å². The van der Waals surface area contributed by atoms with Crippen molar-refractivity contribution in [3.05, 3.63) is 53.3 Å². The van der Waals surface area contributed by atoms with Gasteiger partial charge in [-0.15, -0.1) is 11.3 Å². The number of hydrogen-bond acceptors (Lipinski definition) is 8. The average Bonchev–Trinajstić information content (AvgIpc) is 3.29. The van der Waals surface area contributed by atoms with Crippen LogP contribution in [0, 0.1) is 6.92 Å². The number of β-amino-alcohol motifs (C(OH)–C–C–N with tert-alkyl or cyclic N) is 1. The minimum absolute atomic E-state index is 0.127. The molecule has 3 N–H and O–H groups in total. The molecule has 1 saturated heterocycles. The number of pyridine rings is 2. The number of anilines is 2. The van der Waals surface area contributed by atoms with Crippen LogP contribution >= 0.6 is 11.3 Å². The van der Waals surface area contributed by atoms with Crippen molar-refractivity contribution in [1.29, 1.82) is 0 Å². The zero-order chi connectivity index (χ0) is 21.1. The van der Waals surface area contributed by atoms with Crippen LogP contribution in [0.3, 0.4) is 0 Å². The molecule has 0 aliphatic carbocycles. The van der Waals surface area contributed by atoms with E-state index in [0.717, 1.165) is 32.8 Å². The Bertz CT molecular complexity index is 1040. The summed E-state index contributed by atoms with van der Waals surface area (Å²) in [6.45, 7) is 5.24. The predicted molar refractivity (Wildman–Crippen MR) is 116 cm³/mol. The van der Waals surface area contributed by atoms with Gasteiger partial charge in [-0.2, -0.15) is 0 Å². The SMILES string of the molecule is CC(=O)N[C@H]1CN(Cc2ncc(-c3cccc(Nc4cc(C)ccn4)n3)s2)C[C@@H]1O. The number of nitrogens with zero attached hydrogens (tertiary/aromatic N) is 4. The van der Waals surface area contributed by atoms with Crippen molar-refractivity contribution in [2.24, 2.45) is 0 Å². The smallest absolute Gasteiger partial charge is 0.217 e. The van der Waals surface area contributed by atoms with Gasteiger partial charge in [0, 0.05) is 32.4 Å². The van der Waals surface area contributed by atoms with E-state index in [1.165, 1.54) is 6.92 Å². The van der Waals surface area contributed by atoms with E-state index in [0.29, 0.717) is 19.6 Å². The van der Waals surface area contributed by atoms with E-state index < -0.39 is 6.10 Å². The fraction of sp³-hybridized carbons (Fsp3) is 0.333. The van der Waals surface area contributed by atoms with Crippen molar-refractivity contribution in [2.45, 2.75) is 32.5 Å². The minimum Gasteiger partial charge on any atom is -0.390 e. The Morgan fingerprint density at radius 3 is 2.93 bits per heavy atom. The minimum atomic E-state index is -0.562. The summed E-state index contributed by atoms with van der Waals surface area (Å²) in [6, 6.07) is 9.50. The lowest BCUT2D eigenvalue weighted by atomic mass is 10.2. The molecule has 0 radical (unpaired) electrons. The second-order valence-corrected chi connectivity index (χ2v) is 8.55. The van der Waals surface area contributed by atoms with Crippen molar-refractivity contribution in [1.82, 2.24) is 25.2 Å².